The van der Waals surface area contributed by atoms with E-state index in [-0.39, 0.29) is 21.7 Å². The van der Waals surface area contributed by atoms with Crippen LogP contribution in [0.5, 0.6) is 0 Å². The predicted octanol–water partition coefficient (Wildman–Crippen LogP) is 3.74. The molecule has 3 aromatic carbocycles. The van der Waals surface area contributed by atoms with Crippen molar-refractivity contribution in [1.29, 1.82) is 5.26 Å². The Morgan fingerprint density at radius 3 is 2.32 bits per heavy atom. The van der Waals surface area contributed by atoms with Gasteiger partial charge in [-0.25, -0.2) is 0 Å². The lowest BCUT2D eigenvalue weighted by atomic mass is 10.1. The van der Waals surface area contributed by atoms with E-state index in [0.29, 0.717) is 28.2 Å². The number of carbonyl (C=O) groups excluding carboxylic acids is 1. The Balaban J connectivity index is 1.60. The molecule has 1 aromatic heterocycles. The van der Waals surface area contributed by atoms with E-state index >= 15 is 0 Å². The maximum Gasteiger partial charge on any atom is 0.270 e. The monoisotopic (exact) mass is 431 g/mol. The lowest BCUT2D eigenvalue weighted by Crippen LogP contribution is -2.19. The fraction of sp³-hybridized carbons (Fsp3) is 0. The van der Waals surface area contributed by atoms with Crippen LogP contribution in [0.3, 0.4) is 0 Å². The zero-order valence-electron chi connectivity index (χ0n) is 15.8. The molecule has 1 amide bonds. The second-order valence-corrected chi connectivity index (χ2v) is 7.05. The number of rotatable bonds is 4. The minimum Gasteiger partial charge on any atom is -0.354 e. The van der Waals surface area contributed by atoms with Gasteiger partial charge >= 0.3 is 0 Å². The molecule has 0 fully saturated rings. The zero-order chi connectivity index (χ0) is 22.0. The molecule has 8 nitrogen and oxygen atoms in total. The van der Waals surface area contributed by atoms with Crippen molar-refractivity contribution in [2.45, 2.75) is 0 Å². The minimum atomic E-state index is -0.451. The molecule has 4 N–H and O–H groups in total. The Morgan fingerprint density at radius 2 is 1.58 bits per heavy atom. The number of anilines is 3. The fourth-order valence-electron chi connectivity index (χ4n) is 3.06. The first kappa shape index (κ1) is 19.9. The van der Waals surface area contributed by atoms with E-state index in [1.165, 1.54) is 18.2 Å². The molecule has 0 saturated heterocycles. The van der Waals surface area contributed by atoms with Crippen LogP contribution in [0.25, 0.3) is 10.8 Å². The van der Waals surface area contributed by atoms with Crippen LogP contribution in [-0.4, -0.2) is 16.1 Å². The highest BCUT2D eigenvalue weighted by atomic mass is 35.5. The molecule has 0 aliphatic rings. The first-order chi connectivity index (χ1) is 14.9. The van der Waals surface area contributed by atoms with Crippen LogP contribution in [0, 0.1) is 11.3 Å². The second kappa shape index (κ2) is 8.18. The third kappa shape index (κ3) is 4.17. The Kier molecular flexibility index (Phi) is 5.26. The highest BCUT2D eigenvalue weighted by Gasteiger charge is 2.11. The summed E-state index contributed by atoms with van der Waals surface area (Å²) in [6.07, 6.45) is 0. The normalized spacial score (nSPS) is 10.5. The van der Waals surface area contributed by atoms with Crippen LogP contribution in [0.15, 0.2) is 70.3 Å². The van der Waals surface area contributed by atoms with Crippen LogP contribution < -0.4 is 21.8 Å². The van der Waals surface area contributed by atoms with Crippen molar-refractivity contribution in [3.8, 4) is 6.07 Å². The number of fused-ring (bicyclic) bond motifs is 1. The molecule has 0 spiro atoms. The summed E-state index contributed by atoms with van der Waals surface area (Å²) < 4.78 is 0. The number of carbonyl (C=O) groups is 1. The van der Waals surface area contributed by atoms with E-state index in [2.05, 4.69) is 20.8 Å². The van der Waals surface area contributed by atoms with Crippen molar-refractivity contribution >= 4 is 45.3 Å². The lowest BCUT2D eigenvalue weighted by Gasteiger charge is -2.12. The summed E-state index contributed by atoms with van der Waals surface area (Å²) in [6.45, 7) is 0. The van der Waals surface area contributed by atoms with E-state index in [1.54, 1.807) is 42.5 Å². The maximum absolute atomic E-state index is 12.5. The summed E-state index contributed by atoms with van der Waals surface area (Å²) in [5.41, 5.74) is 1.40. The Hall–Kier alpha value is -4.35. The number of hydrogen-bond acceptors (Lipinski definition) is 5. The van der Waals surface area contributed by atoms with Gasteiger partial charge in [0, 0.05) is 16.9 Å². The molecule has 0 radical (unpaired) electrons. The molecule has 4 aromatic rings. The van der Waals surface area contributed by atoms with Gasteiger partial charge in [-0.2, -0.15) is 5.26 Å². The second-order valence-electron chi connectivity index (χ2n) is 6.64. The van der Waals surface area contributed by atoms with Gasteiger partial charge in [-0.3, -0.25) is 24.6 Å². The number of aromatic amines is 2. The molecule has 0 atom stereocenters. The number of benzene rings is 3. The van der Waals surface area contributed by atoms with Gasteiger partial charge in [0.15, 0.2) is 0 Å². The molecule has 4 rings (SSSR count). The number of H-pyrrole nitrogens is 2. The minimum absolute atomic E-state index is 0.180. The summed E-state index contributed by atoms with van der Waals surface area (Å²) in [7, 11) is 0. The van der Waals surface area contributed by atoms with Gasteiger partial charge in [0.2, 0.25) is 0 Å². The van der Waals surface area contributed by atoms with Crippen molar-refractivity contribution in [2.24, 2.45) is 0 Å². The number of hydrogen-bond donors (Lipinski definition) is 4. The maximum atomic E-state index is 12.5. The topological polar surface area (TPSA) is 131 Å². The quantitative estimate of drug-likeness (QED) is 0.391. The van der Waals surface area contributed by atoms with Crippen molar-refractivity contribution in [2.75, 3.05) is 10.6 Å². The lowest BCUT2D eigenvalue weighted by molar-refractivity contribution is 0.102. The van der Waals surface area contributed by atoms with Crippen LogP contribution >= 0.6 is 11.6 Å². The molecule has 0 aliphatic heterocycles. The van der Waals surface area contributed by atoms with Crippen LogP contribution in [-0.2, 0) is 0 Å². The molecule has 0 bridgehead atoms. The predicted molar refractivity (Wildman–Crippen MR) is 119 cm³/mol. The molecule has 0 aliphatic carbocycles. The molecule has 31 heavy (non-hydrogen) atoms. The van der Waals surface area contributed by atoms with E-state index in [0.717, 1.165) is 0 Å². The molecule has 1 heterocycles. The average molecular weight is 432 g/mol. The van der Waals surface area contributed by atoms with Gasteiger partial charge < -0.3 is 10.6 Å². The van der Waals surface area contributed by atoms with Gasteiger partial charge in [0.25, 0.3) is 17.0 Å². The molecule has 152 valence electrons. The summed E-state index contributed by atoms with van der Waals surface area (Å²) in [6, 6.07) is 18.2. The smallest absolute Gasteiger partial charge is 0.270 e. The summed E-state index contributed by atoms with van der Waals surface area (Å²) >= 11 is 6.29. The highest BCUT2D eigenvalue weighted by molar-refractivity contribution is 6.34. The van der Waals surface area contributed by atoms with E-state index in [4.69, 9.17) is 16.9 Å². The average Bonchev–Trinajstić information content (AvgIpc) is 2.77. The first-order valence-corrected chi connectivity index (χ1v) is 9.45. The summed E-state index contributed by atoms with van der Waals surface area (Å²) in [4.78, 5) is 36.4. The molecular formula is C22H14ClN5O3. The van der Waals surface area contributed by atoms with Gasteiger partial charge in [-0.05, 0) is 48.5 Å². The SMILES string of the molecule is N#Cc1cccc(C(=O)Nc2cccc(Nc3cc4c(=O)[nH][nH]c(=O)c4cc3Cl)c2)c1. The fourth-order valence-corrected chi connectivity index (χ4v) is 3.27. The number of nitrogens with one attached hydrogen (secondary N) is 4. The van der Waals surface area contributed by atoms with E-state index in [1.807, 2.05) is 6.07 Å². The van der Waals surface area contributed by atoms with Crippen molar-refractivity contribution in [3.63, 3.8) is 0 Å². The van der Waals surface area contributed by atoms with E-state index < -0.39 is 11.1 Å². The van der Waals surface area contributed by atoms with Crippen molar-refractivity contribution in [3.05, 3.63) is 97.5 Å². The van der Waals surface area contributed by atoms with Crippen LogP contribution in [0.4, 0.5) is 17.1 Å². The Morgan fingerprint density at radius 1 is 0.903 bits per heavy atom. The number of amides is 1. The third-order valence-electron chi connectivity index (χ3n) is 4.54. The number of nitrogens with zero attached hydrogens (tertiary/aromatic N) is 1. The Bertz CT molecular complexity index is 1480. The van der Waals surface area contributed by atoms with Gasteiger partial charge in [-0.15, -0.1) is 0 Å². The van der Waals surface area contributed by atoms with E-state index in [9.17, 15) is 14.4 Å². The number of aromatic nitrogens is 2. The molecule has 0 unspecified atom stereocenters. The third-order valence-corrected chi connectivity index (χ3v) is 4.85. The van der Waals surface area contributed by atoms with Crippen LogP contribution in [0.1, 0.15) is 15.9 Å². The van der Waals surface area contributed by atoms with Crippen LogP contribution in [0.2, 0.25) is 5.02 Å². The summed E-state index contributed by atoms with van der Waals surface area (Å²) in [5.74, 6) is -0.358. The summed E-state index contributed by atoms with van der Waals surface area (Å²) in [5, 5.41) is 20.0. The molecule has 0 saturated carbocycles. The van der Waals surface area contributed by atoms with Gasteiger partial charge in [0.05, 0.1) is 33.1 Å². The van der Waals surface area contributed by atoms with Crippen molar-refractivity contribution < 1.29 is 4.79 Å². The zero-order valence-corrected chi connectivity index (χ0v) is 16.6. The Labute approximate surface area is 180 Å². The first-order valence-electron chi connectivity index (χ1n) is 9.07. The van der Waals surface area contributed by atoms with Crippen molar-refractivity contribution in [1.82, 2.24) is 10.2 Å². The largest absolute Gasteiger partial charge is 0.354 e. The standard InChI is InChI=1S/C22H14ClN5O3/c23-18-9-16-17(22(31)28-27-21(16)30)10-19(18)25-14-5-2-6-15(8-14)26-20(29)13-4-1-3-12(7-13)11-24/h1-10,25H,(H,26,29)(H,27,30)(H,28,31). The van der Waals surface area contributed by atoms with Gasteiger partial charge in [-0.1, -0.05) is 23.7 Å². The van der Waals surface area contributed by atoms with Gasteiger partial charge in [0.1, 0.15) is 0 Å². The molecular weight excluding hydrogens is 418 g/mol. The number of nitriles is 1. The molecule has 9 heteroatoms. The number of halogens is 1. The highest BCUT2D eigenvalue weighted by Crippen LogP contribution is 2.29.